The Labute approximate surface area is 108 Å². The van der Waals surface area contributed by atoms with E-state index in [1.165, 1.54) is 0 Å². The Bertz CT molecular complexity index is 644. The molecule has 0 saturated carbocycles. The highest BCUT2D eigenvalue weighted by Gasteiger charge is 2.15. The van der Waals surface area contributed by atoms with Crippen molar-refractivity contribution in [3.05, 3.63) is 47.2 Å². The molecule has 0 aliphatic heterocycles. The molecule has 0 bridgehead atoms. The van der Waals surface area contributed by atoms with Gasteiger partial charge in [-0.05, 0) is 26.0 Å². The number of aryl methyl sites for hydroxylation is 2. The van der Waals surface area contributed by atoms with Crippen molar-refractivity contribution in [3.63, 3.8) is 0 Å². The lowest BCUT2D eigenvalue weighted by molar-refractivity contribution is 0.0694. The van der Waals surface area contributed by atoms with Crippen molar-refractivity contribution in [2.75, 3.05) is 0 Å². The number of nitrogens with zero attached hydrogens (tertiary/aromatic N) is 2. The van der Waals surface area contributed by atoms with Crippen LogP contribution in [0, 0.1) is 19.7 Å². The van der Waals surface area contributed by atoms with Crippen molar-refractivity contribution in [2.24, 2.45) is 0 Å². The third-order valence-corrected chi connectivity index (χ3v) is 2.41. The molecule has 2 rings (SSSR count). The van der Waals surface area contributed by atoms with Gasteiger partial charge in [-0.2, -0.15) is 0 Å². The molecule has 0 amide bonds. The fourth-order valence-corrected chi connectivity index (χ4v) is 1.47. The average molecular weight is 262 g/mol. The van der Waals surface area contributed by atoms with Crippen LogP contribution < -0.4 is 4.74 Å². The number of ether oxygens (including phenoxy) is 1. The van der Waals surface area contributed by atoms with Crippen molar-refractivity contribution < 1.29 is 19.0 Å². The van der Waals surface area contributed by atoms with Crippen LogP contribution in [0.2, 0.25) is 0 Å². The first-order chi connectivity index (χ1) is 8.97. The number of carbonyl (C=O) groups is 1. The number of aromatic nitrogens is 2. The summed E-state index contributed by atoms with van der Waals surface area (Å²) in [5.74, 6) is -1.73. The largest absolute Gasteiger partial charge is 0.478 e. The monoisotopic (exact) mass is 262 g/mol. The zero-order valence-electron chi connectivity index (χ0n) is 10.3. The summed E-state index contributed by atoms with van der Waals surface area (Å²) in [6.07, 6.45) is 1.56. The lowest BCUT2D eigenvalue weighted by Crippen LogP contribution is -2.03. The summed E-state index contributed by atoms with van der Waals surface area (Å²) >= 11 is 0. The van der Waals surface area contributed by atoms with Gasteiger partial charge in [-0.15, -0.1) is 0 Å². The molecular formula is C13H11FN2O3. The second kappa shape index (κ2) is 5.01. The van der Waals surface area contributed by atoms with E-state index in [0.29, 0.717) is 11.4 Å². The van der Waals surface area contributed by atoms with Crippen LogP contribution in [0.5, 0.6) is 11.6 Å². The lowest BCUT2D eigenvalue weighted by atomic mass is 10.2. The van der Waals surface area contributed by atoms with Crippen LogP contribution in [-0.4, -0.2) is 21.0 Å². The van der Waals surface area contributed by atoms with Crippen LogP contribution in [0.25, 0.3) is 0 Å². The second-order valence-corrected chi connectivity index (χ2v) is 3.95. The van der Waals surface area contributed by atoms with Crippen LogP contribution in [0.1, 0.15) is 21.7 Å². The van der Waals surface area contributed by atoms with Gasteiger partial charge in [-0.1, -0.05) is 0 Å². The molecule has 2 aromatic rings. The van der Waals surface area contributed by atoms with Gasteiger partial charge >= 0.3 is 5.97 Å². The van der Waals surface area contributed by atoms with Crippen LogP contribution in [0.4, 0.5) is 4.39 Å². The number of aromatic carboxylic acids is 1. The van der Waals surface area contributed by atoms with E-state index in [9.17, 15) is 9.18 Å². The summed E-state index contributed by atoms with van der Waals surface area (Å²) < 4.78 is 18.6. The number of halogens is 1. The standard InChI is InChI=1S/C13H11FN2O3/c1-7-6-15-8(2)12(16-7)19-11-5-9(14)3-4-10(11)13(17)18/h3-6H,1-2H3,(H,17,18). The first kappa shape index (κ1) is 12.9. The highest BCUT2D eigenvalue weighted by molar-refractivity contribution is 5.90. The normalized spacial score (nSPS) is 10.3. The quantitative estimate of drug-likeness (QED) is 0.920. The van der Waals surface area contributed by atoms with E-state index in [-0.39, 0.29) is 17.2 Å². The van der Waals surface area contributed by atoms with E-state index >= 15 is 0 Å². The molecule has 6 heteroatoms. The average Bonchev–Trinajstić information content (AvgIpc) is 2.33. The summed E-state index contributed by atoms with van der Waals surface area (Å²) in [5.41, 5.74) is 0.976. The Morgan fingerprint density at radius 1 is 1.37 bits per heavy atom. The maximum absolute atomic E-state index is 13.2. The van der Waals surface area contributed by atoms with Gasteiger partial charge in [0.1, 0.15) is 17.1 Å². The van der Waals surface area contributed by atoms with Gasteiger partial charge in [-0.3, -0.25) is 4.98 Å². The molecule has 1 aromatic heterocycles. The zero-order valence-corrected chi connectivity index (χ0v) is 10.3. The van der Waals surface area contributed by atoms with E-state index in [0.717, 1.165) is 18.2 Å². The van der Waals surface area contributed by atoms with E-state index in [2.05, 4.69) is 9.97 Å². The number of hydrogen-bond acceptors (Lipinski definition) is 4. The predicted molar refractivity (Wildman–Crippen MR) is 64.9 cm³/mol. The molecule has 0 saturated heterocycles. The number of carboxylic acids is 1. The van der Waals surface area contributed by atoms with Gasteiger partial charge in [0.05, 0.1) is 11.4 Å². The van der Waals surface area contributed by atoms with Gasteiger partial charge in [0.15, 0.2) is 0 Å². The second-order valence-electron chi connectivity index (χ2n) is 3.95. The molecule has 98 valence electrons. The Kier molecular flexibility index (Phi) is 3.41. The molecule has 0 radical (unpaired) electrons. The molecule has 0 aliphatic rings. The minimum atomic E-state index is -1.20. The van der Waals surface area contributed by atoms with Crippen molar-refractivity contribution in [3.8, 4) is 11.6 Å². The van der Waals surface area contributed by atoms with Crippen molar-refractivity contribution >= 4 is 5.97 Å². The summed E-state index contributed by atoms with van der Waals surface area (Å²) in [6, 6.07) is 3.21. The molecule has 5 nitrogen and oxygen atoms in total. The Morgan fingerprint density at radius 3 is 2.79 bits per heavy atom. The van der Waals surface area contributed by atoms with Gasteiger partial charge in [0.2, 0.25) is 5.88 Å². The van der Waals surface area contributed by atoms with E-state index < -0.39 is 11.8 Å². The topological polar surface area (TPSA) is 72.3 Å². The van der Waals surface area contributed by atoms with E-state index in [1.807, 2.05) is 0 Å². The van der Waals surface area contributed by atoms with Crippen molar-refractivity contribution in [1.82, 2.24) is 9.97 Å². The van der Waals surface area contributed by atoms with Crippen LogP contribution in [-0.2, 0) is 0 Å². The predicted octanol–water partition coefficient (Wildman–Crippen LogP) is 2.72. The molecule has 0 atom stereocenters. The first-order valence-electron chi connectivity index (χ1n) is 5.48. The van der Waals surface area contributed by atoms with Crippen LogP contribution in [0.15, 0.2) is 24.4 Å². The molecule has 1 aromatic carbocycles. The maximum atomic E-state index is 13.2. The molecule has 19 heavy (non-hydrogen) atoms. The number of hydrogen-bond donors (Lipinski definition) is 1. The van der Waals surface area contributed by atoms with Gasteiger partial charge in [0.25, 0.3) is 0 Å². The van der Waals surface area contributed by atoms with Crippen molar-refractivity contribution in [2.45, 2.75) is 13.8 Å². The molecule has 1 heterocycles. The molecule has 0 unspecified atom stereocenters. The summed E-state index contributed by atoms with van der Waals surface area (Å²) in [6.45, 7) is 3.39. The summed E-state index contributed by atoms with van der Waals surface area (Å²) in [5, 5.41) is 9.02. The van der Waals surface area contributed by atoms with Gasteiger partial charge < -0.3 is 9.84 Å². The maximum Gasteiger partial charge on any atom is 0.339 e. The smallest absolute Gasteiger partial charge is 0.339 e. The van der Waals surface area contributed by atoms with Crippen LogP contribution in [0.3, 0.4) is 0 Å². The lowest BCUT2D eigenvalue weighted by Gasteiger charge is -2.10. The molecule has 1 N–H and O–H groups in total. The highest BCUT2D eigenvalue weighted by Crippen LogP contribution is 2.26. The summed E-state index contributed by atoms with van der Waals surface area (Å²) in [7, 11) is 0. The minimum Gasteiger partial charge on any atom is -0.478 e. The summed E-state index contributed by atoms with van der Waals surface area (Å²) in [4.78, 5) is 19.2. The number of benzene rings is 1. The molecule has 0 aliphatic carbocycles. The number of carboxylic acid groups (broad SMARTS) is 1. The molecule has 0 fully saturated rings. The zero-order chi connectivity index (χ0) is 14.0. The fourth-order valence-electron chi connectivity index (χ4n) is 1.47. The SMILES string of the molecule is Cc1cnc(C)c(Oc2cc(F)ccc2C(=O)O)n1. The van der Waals surface area contributed by atoms with E-state index in [1.54, 1.807) is 20.0 Å². The van der Waals surface area contributed by atoms with Crippen molar-refractivity contribution in [1.29, 1.82) is 0 Å². The third kappa shape index (κ3) is 2.85. The Hall–Kier alpha value is -2.50. The molecule has 0 spiro atoms. The van der Waals surface area contributed by atoms with E-state index in [4.69, 9.17) is 9.84 Å². The third-order valence-electron chi connectivity index (χ3n) is 2.41. The van der Waals surface area contributed by atoms with Gasteiger partial charge in [-0.25, -0.2) is 14.2 Å². The first-order valence-corrected chi connectivity index (χ1v) is 5.48. The molecular weight excluding hydrogens is 251 g/mol. The highest BCUT2D eigenvalue weighted by atomic mass is 19.1. The van der Waals surface area contributed by atoms with Gasteiger partial charge in [0, 0.05) is 12.3 Å². The Morgan fingerprint density at radius 2 is 2.11 bits per heavy atom. The number of rotatable bonds is 3. The Balaban J connectivity index is 2.45. The van der Waals surface area contributed by atoms with Crippen LogP contribution >= 0.6 is 0 Å². The minimum absolute atomic E-state index is 0.101. The fraction of sp³-hybridized carbons (Fsp3) is 0.154.